The largest absolute Gasteiger partial charge is 0.508 e. The second-order valence-electron chi connectivity index (χ2n) is 19.1. The maximum absolute atomic E-state index is 16.1. The van der Waals surface area contributed by atoms with Crippen molar-refractivity contribution in [2.24, 2.45) is 11.8 Å². The molecule has 73 heavy (non-hydrogen) atoms. The number of aromatic nitrogens is 5. The van der Waals surface area contributed by atoms with Crippen molar-refractivity contribution in [3.63, 3.8) is 0 Å². The Hall–Kier alpha value is -7.02. The van der Waals surface area contributed by atoms with Gasteiger partial charge in [0.05, 0.1) is 28.2 Å². The number of phenols is 2. The standard InChI is InChI=1S/C53H59Cl2FN10O7/c1-6-57-51(70)49-63-62-48(40-21-38(29(2)3)45(67)23-46(40)68)66(49)37-11-10-33(42(56)20-37)26-64-15-12-31(13-16-64)52(71)65-17-14-34(27-65)53(72)73-28-44(32-8-7-9-36(54)18-32)61-50(69)43-19-35(24-58-43)39-22-47(60-30(4)5)59-25-41(39)55/h7-11,18-25,29-31,34,44,58,67-68H,6,12-17,26-28H2,1-5H3,(H,57,70)(H,59,60)(H,61,69)/t34-,44?/m0/s1. The molecule has 17 nitrogen and oxygen atoms in total. The van der Waals surface area contributed by atoms with Crippen LogP contribution in [0.25, 0.3) is 28.2 Å². The summed E-state index contributed by atoms with van der Waals surface area (Å²) in [6, 6.07) is 17.2. The van der Waals surface area contributed by atoms with Crippen molar-refractivity contribution in [1.82, 2.24) is 45.2 Å². The van der Waals surface area contributed by atoms with E-state index in [2.05, 4.69) is 41.0 Å². The van der Waals surface area contributed by atoms with Crippen LogP contribution < -0.4 is 16.0 Å². The minimum Gasteiger partial charge on any atom is -0.508 e. The van der Waals surface area contributed by atoms with Crippen molar-refractivity contribution < 1.29 is 38.5 Å². The number of aromatic amines is 1. The van der Waals surface area contributed by atoms with Crippen LogP contribution in [0.3, 0.4) is 0 Å². The van der Waals surface area contributed by atoms with Crippen LogP contribution in [0.15, 0.2) is 79.1 Å². The Kier molecular flexibility index (Phi) is 16.3. The van der Waals surface area contributed by atoms with E-state index in [1.807, 2.05) is 33.8 Å². The van der Waals surface area contributed by atoms with Crippen molar-refractivity contribution in [1.29, 1.82) is 0 Å². The van der Waals surface area contributed by atoms with Crippen LogP contribution in [0.4, 0.5) is 10.2 Å². The molecule has 8 rings (SSSR count). The highest BCUT2D eigenvalue weighted by molar-refractivity contribution is 6.33. The molecule has 2 atom stereocenters. The van der Waals surface area contributed by atoms with Crippen molar-refractivity contribution in [2.75, 3.05) is 44.6 Å². The first kappa shape index (κ1) is 52.3. The van der Waals surface area contributed by atoms with E-state index in [1.54, 1.807) is 72.7 Å². The lowest BCUT2D eigenvalue weighted by Gasteiger charge is -2.33. The molecule has 1 unspecified atom stereocenters. The van der Waals surface area contributed by atoms with Gasteiger partial charge in [0.2, 0.25) is 11.7 Å². The van der Waals surface area contributed by atoms with Crippen molar-refractivity contribution in [3.05, 3.63) is 123 Å². The molecule has 0 bridgehead atoms. The summed E-state index contributed by atoms with van der Waals surface area (Å²) < 4.78 is 23.3. The molecule has 0 aliphatic carbocycles. The Morgan fingerprint density at radius 3 is 2.37 bits per heavy atom. The number of halogens is 3. The van der Waals surface area contributed by atoms with Crippen LogP contribution in [-0.4, -0.2) is 114 Å². The van der Waals surface area contributed by atoms with Gasteiger partial charge in [0.15, 0.2) is 5.82 Å². The molecule has 20 heteroatoms. The first-order valence-electron chi connectivity index (χ1n) is 24.4. The van der Waals surface area contributed by atoms with E-state index in [4.69, 9.17) is 27.9 Å². The number of benzene rings is 3. The van der Waals surface area contributed by atoms with Crippen molar-refractivity contribution >= 4 is 52.7 Å². The number of carbonyl (C=O) groups excluding carboxylic acids is 4. The maximum atomic E-state index is 16.1. The number of rotatable bonds is 17. The number of nitrogens with zero attached hydrogens (tertiary/aromatic N) is 6. The number of nitrogens with one attached hydrogen (secondary N) is 4. The van der Waals surface area contributed by atoms with Gasteiger partial charge in [-0.15, -0.1) is 10.2 Å². The van der Waals surface area contributed by atoms with E-state index in [-0.39, 0.29) is 83.6 Å². The number of H-pyrrole nitrogens is 1. The van der Waals surface area contributed by atoms with Crippen LogP contribution in [0.5, 0.6) is 11.5 Å². The smallest absolute Gasteiger partial charge is 0.310 e. The van der Waals surface area contributed by atoms with E-state index >= 15 is 4.39 Å². The normalized spacial score (nSPS) is 15.7. The number of carbonyl (C=O) groups is 4. The van der Waals surface area contributed by atoms with Gasteiger partial charge in [-0.3, -0.25) is 28.6 Å². The van der Waals surface area contributed by atoms with E-state index in [0.29, 0.717) is 89.1 Å². The van der Waals surface area contributed by atoms with Gasteiger partial charge in [0.1, 0.15) is 35.4 Å². The number of piperidine rings is 1. The van der Waals surface area contributed by atoms with Gasteiger partial charge in [0, 0.05) is 78.3 Å². The number of aromatic hydroxyl groups is 2. The summed E-state index contributed by atoms with van der Waals surface area (Å²) in [6.07, 6.45) is 4.77. The van der Waals surface area contributed by atoms with E-state index < -0.39 is 35.6 Å². The summed E-state index contributed by atoms with van der Waals surface area (Å²) in [7, 11) is 0. The van der Waals surface area contributed by atoms with E-state index in [0.717, 1.165) is 0 Å². The van der Waals surface area contributed by atoms with Crippen LogP contribution in [0, 0.1) is 17.7 Å². The molecule has 5 heterocycles. The number of likely N-dealkylation sites (tertiary alicyclic amines) is 2. The monoisotopic (exact) mass is 1040 g/mol. The minimum absolute atomic E-state index is 0.0341. The molecule has 6 aromatic rings. The summed E-state index contributed by atoms with van der Waals surface area (Å²) in [5, 5.41) is 39.5. The highest BCUT2D eigenvalue weighted by Gasteiger charge is 2.37. The predicted molar refractivity (Wildman–Crippen MR) is 275 cm³/mol. The van der Waals surface area contributed by atoms with Crippen molar-refractivity contribution in [2.45, 2.75) is 78.4 Å². The highest BCUT2D eigenvalue weighted by atomic mass is 35.5. The van der Waals surface area contributed by atoms with Gasteiger partial charge < -0.3 is 40.8 Å². The zero-order chi connectivity index (χ0) is 52.1. The Morgan fingerprint density at radius 1 is 0.890 bits per heavy atom. The van der Waals surface area contributed by atoms with Gasteiger partial charge in [-0.25, -0.2) is 9.37 Å². The molecule has 6 N–H and O–H groups in total. The fourth-order valence-electron chi connectivity index (χ4n) is 9.30. The van der Waals surface area contributed by atoms with E-state index in [1.165, 1.54) is 16.7 Å². The van der Waals surface area contributed by atoms with Crippen LogP contribution >= 0.6 is 23.2 Å². The number of phenolic OH excluding ortho intramolecular Hbond substituents is 2. The lowest BCUT2D eigenvalue weighted by Crippen LogP contribution is -2.42. The molecule has 2 aliphatic rings. The summed E-state index contributed by atoms with van der Waals surface area (Å²) >= 11 is 12.8. The zero-order valence-corrected chi connectivity index (χ0v) is 42.7. The number of anilines is 1. The quantitative estimate of drug-likeness (QED) is 0.0473. The third kappa shape index (κ3) is 12.1. The highest BCUT2D eigenvalue weighted by Crippen LogP contribution is 2.39. The Bertz CT molecular complexity index is 3010. The molecule has 2 fully saturated rings. The molecule has 384 valence electrons. The molecule has 3 aromatic heterocycles. The fraction of sp³-hybridized carbons (Fsp3) is 0.377. The third-order valence-corrected chi connectivity index (χ3v) is 13.7. The SMILES string of the molecule is CCNC(=O)c1nnc(-c2cc(C(C)C)c(O)cc2O)n1-c1ccc(CN2CCC(C(=O)N3CC[C@H](C(=O)OCC(NC(=O)c4cc(-c5cc(NC(C)C)ncc5Cl)c[nH]4)c4cccc(Cl)c4)C3)CC2)c(F)c1. The number of hydrogen-bond donors (Lipinski definition) is 6. The van der Waals surface area contributed by atoms with Crippen LogP contribution in [0.2, 0.25) is 10.0 Å². The maximum Gasteiger partial charge on any atom is 0.310 e. The first-order chi connectivity index (χ1) is 35.0. The number of hydrogen-bond acceptors (Lipinski definition) is 12. The summed E-state index contributed by atoms with van der Waals surface area (Å²) in [5.74, 6) is -2.68. The molecular formula is C53H59Cl2FN10O7. The van der Waals surface area contributed by atoms with Gasteiger partial charge >= 0.3 is 5.97 Å². The van der Waals surface area contributed by atoms with Crippen LogP contribution in [-0.2, 0) is 20.9 Å². The van der Waals surface area contributed by atoms with Gasteiger partial charge in [-0.2, -0.15) is 0 Å². The number of amides is 3. The van der Waals surface area contributed by atoms with Crippen LogP contribution in [0.1, 0.15) is 104 Å². The zero-order valence-electron chi connectivity index (χ0n) is 41.2. The average Bonchev–Trinajstić information content (AvgIpc) is 4.16. The lowest BCUT2D eigenvalue weighted by molar-refractivity contribution is -0.149. The summed E-state index contributed by atoms with van der Waals surface area (Å²) in [6.45, 7) is 11.6. The molecule has 3 aromatic carbocycles. The number of ether oxygens (including phenoxy) is 1. The third-order valence-electron chi connectivity index (χ3n) is 13.1. The van der Waals surface area contributed by atoms with E-state index in [9.17, 15) is 29.4 Å². The molecular weight excluding hydrogens is 979 g/mol. The van der Waals surface area contributed by atoms with Gasteiger partial charge in [0.25, 0.3) is 11.8 Å². The van der Waals surface area contributed by atoms with Crippen molar-refractivity contribution in [3.8, 4) is 39.7 Å². The second kappa shape index (κ2) is 22.8. The summed E-state index contributed by atoms with van der Waals surface area (Å²) in [5.41, 5.74) is 3.70. The molecule has 2 saturated heterocycles. The fourth-order valence-corrected chi connectivity index (χ4v) is 9.71. The molecule has 0 radical (unpaired) electrons. The molecule has 0 spiro atoms. The Labute approximate surface area is 432 Å². The van der Waals surface area contributed by atoms with Gasteiger partial charge in [-0.1, -0.05) is 55.2 Å². The first-order valence-corrected chi connectivity index (χ1v) is 25.2. The second-order valence-corrected chi connectivity index (χ2v) is 19.9. The Morgan fingerprint density at radius 2 is 1.66 bits per heavy atom. The lowest BCUT2D eigenvalue weighted by atomic mass is 9.95. The molecule has 2 aliphatic heterocycles. The summed E-state index contributed by atoms with van der Waals surface area (Å²) in [4.78, 5) is 65.4. The predicted octanol–water partition coefficient (Wildman–Crippen LogP) is 8.65. The molecule has 0 saturated carbocycles. The number of pyridine rings is 1. The Balaban J connectivity index is 0.860. The van der Waals surface area contributed by atoms with Gasteiger partial charge in [-0.05, 0) is 113 Å². The topological polar surface area (TPSA) is 220 Å². The molecule has 3 amide bonds. The minimum atomic E-state index is -0.748. The average molecular weight is 1040 g/mol. The number of esters is 1.